The average Bonchev–Trinajstić information content (AvgIpc) is 2.81. The van der Waals surface area contributed by atoms with Crippen LogP contribution in [-0.4, -0.2) is 28.0 Å². The summed E-state index contributed by atoms with van der Waals surface area (Å²) in [5.41, 5.74) is 1.06. The topological polar surface area (TPSA) is 42.8 Å². The van der Waals surface area contributed by atoms with Gasteiger partial charge in [-0.1, -0.05) is 43.7 Å². The lowest BCUT2D eigenvalue weighted by atomic mass is 10.2. The Morgan fingerprint density at radius 2 is 2.05 bits per heavy atom. The van der Waals surface area contributed by atoms with Crippen molar-refractivity contribution in [3.05, 3.63) is 35.1 Å². The molecule has 0 atom stereocenters. The Bertz CT molecular complexity index is 547. The summed E-state index contributed by atoms with van der Waals surface area (Å²) in [4.78, 5) is 0. The summed E-state index contributed by atoms with van der Waals surface area (Å²) < 4.78 is 8.20. The first-order valence-electron chi connectivity index (χ1n) is 6.61. The number of unbranched alkanes of at least 4 members (excludes halogenated alkanes) is 1. The first-order chi connectivity index (χ1) is 9.33. The highest BCUT2D eigenvalue weighted by Crippen LogP contribution is 2.16. The Labute approximate surface area is 118 Å². The standard InChI is InChI=1S/C14H19N3OS/c1-2-3-10-18-11-9-17-13(15-16-14(17)19)12-7-5-4-6-8-12/h4-8H,2-3,9-11H2,1H3,(H,16,19). The zero-order valence-electron chi connectivity index (χ0n) is 11.1. The van der Waals surface area contributed by atoms with Crippen molar-refractivity contribution in [2.45, 2.75) is 26.3 Å². The van der Waals surface area contributed by atoms with Crippen molar-refractivity contribution < 1.29 is 4.74 Å². The van der Waals surface area contributed by atoms with Gasteiger partial charge < -0.3 is 4.74 Å². The van der Waals surface area contributed by atoms with E-state index in [-0.39, 0.29) is 0 Å². The van der Waals surface area contributed by atoms with Crippen LogP contribution in [-0.2, 0) is 11.3 Å². The van der Waals surface area contributed by atoms with Crippen LogP contribution in [0.3, 0.4) is 0 Å². The first kappa shape index (κ1) is 14.0. The maximum absolute atomic E-state index is 5.58. The molecule has 1 heterocycles. The van der Waals surface area contributed by atoms with Gasteiger partial charge in [-0.3, -0.25) is 9.67 Å². The molecule has 4 nitrogen and oxygen atoms in total. The van der Waals surface area contributed by atoms with E-state index in [4.69, 9.17) is 17.0 Å². The summed E-state index contributed by atoms with van der Waals surface area (Å²) in [6.45, 7) is 4.35. The molecule has 1 N–H and O–H groups in total. The number of ether oxygens (including phenoxy) is 1. The molecule has 0 amide bonds. The molecule has 2 aromatic rings. The van der Waals surface area contributed by atoms with Crippen LogP contribution >= 0.6 is 12.2 Å². The van der Waals surface area contributed by atoms with Crippen LogP contribution < -0.4 is 0 Å². The monoisotopic (exact) mass is 277 g/mol. The van der Waals surface area contributed by atoms with Gasteiger partial charge in [-0.2, -0.15) is 5.10 Å². The van der Waals surface area contributed by atoms with Crippen molar-refractivity contribution in [1.82, 2.24) is 14.8 Å². The fourth-order valence-electron chi connectivity index (χ4n) is 1.84. The summed E-state index contributed by atoms with van der Waals surface area (Å²) in [7, 11) is 0. The highest BCUT2D eigenvalue weighted by atomic mass is 32.1. The maximum atomic E-state index is 5.58. The lowest BCUT2D eigenvalue weighted by Crippen LogP contribution is -2.08. The van der Waals surface area contributed by atoms with Crippen LogP contribution in [0.1, 0.15) is 19.8 Å². The minimum Gasteiger partial charge on any atom is -0.380 e. The van der Waals surface area contributed by atoms with Gasteiger partial charge in [0.25, 0.3) is 0 Å². The fraction of sp³-hybridized carbons (Fsp3) is 0.429. The molecular formula is C14H19N3OS. The molecule has 1 aromatic heterocycles. The minimum absolute atomic E-state index is 0.637. The van der Waals surface area contributed by atoms with E-state index in [9.17, 15) is 0 Å². The Balaban J connectivity index is 2.04. The Hall–Kier alpha value is -1.46. The molecule has 0 unspecified atom stereocenters. The van der Waals surface area contributed by atoms with Crippen LogP contribution in [0.4, 0.5) is 0 Å². The lowest BCUT2D eigenvalue weighted by molar-refractivity contribution is 0.123. The molecule has 0 bridgehead atoms. The first-order valence-corrected chi connectivity index (χ1v) is 7.02. The summed E-state index contributed by atoms with van der Waals surface area (Å²) in [6, 6.07) is 10.0. The van der Waals surface area contributed by atoms with E-state index < -0.39 is 0 Å². The van der Waals surface area contributed by atoms with Crippen LogP contribution in [0, 0.1) is 4.77 Å². The summed E-state index contributed by atoms with van der Waals surface area (Å²) in [6.07, 6.45) is 2.25. The number of nitrogens with zero attached hydrogens (tertiary/aromatic N) is 2. The predicted octanol–water partition coefficient (Wildman–Crippen LogP) is 3.42. The van der Waals surface area contributed by atoms with E-state index in [1.807, 2.05) is 34.9 Å². The van der Waals surface area contributed by atoms with Crippen molar-refractivity contribution in [1.29, 1.82) is 0 Å². The SMILES string of the molecule is CCCCOCCn1c(-c2ccccc2)n[nH]c1=S. The number of nitrogens with one attached hydrogen (secondary N) is 1. The molecule has 0 aliphatic rings. The van der Waals surface area contributed by atoms with Crippen molar-refractivity contribution in [3.8, 4) is 11.4 Å². The molecule has 0 saturated carbocycles. The molecule has 0 fully saturated rings. The Morgan fingerprint density at radius 1 is 1.26 bits per heavy atom. The number of aromatic nitrogens is 3. The summed E-state index contributed by atoms with van der Waals surface area (Å²) >= 11 is 5.26. The number of rotatable bonds is 7. The van der Waals surface area contributed by atoms with Crippen molar-refractivity contribution >= 4 is 12.2 Å². The smallest absolute Gasteiger partial charge is 0.195 e. The molecule has 19 heavy (non-hydrogen) atoms. The molecule has 2 rings (SSSR count). The van der Waals surface area contributed by atoms with E-state index in [1.165, 1.54) is 0 Å². The molecular weight excluding hydrogens is 258 g/mol. The zero-order chi connectivity index (χ0) is 13.5. The number of aromatic amines is 1. The van der Waals surface area contributed by atoms with Crippen LogP contribution in [0.2, 0.25) is 0 Å². The summed E-state index contributed by atoms with van der Waals surface area (Å²) in [5.74, 6) is 0.865. The van der Waals surface area contributed by atoms with Gasteiger partial charge in [0, 0.05) is 12.2 Å². The highest BCUT2D eigenvalue weighted by Gasteiger charge is 2.07. The normalized spacial score (nSPS) is 10.8. The van der Waals surface area contributed by atoms with Crippen molar-refractivity contribution in [3.63, 3.8) is 0 Å². The molecule has 0 radical (unpaired) electrons. The van der Waals surface area contributed by atoms with E-state index in [0.29, 0.717) is 11.4 Å². The number of hydrogen-bond acceptors (Lipinski definition) is 3. The number of H-pyrrole nitrogens is 1. The van der Waals surface area contributed by atoms with E-state index in [2.05, 4.69) is 17.1 Å². The van der Waals surface area contributed by atoms with Crippen LogP contribution in [0.25, 0.3) is 11.4 Å². The Morgan fingerprint density at radius 3 is 2.79 bits per heavy atom. The van der Waals surface area contributed by atoms with Gasteiger partial charge in [0.2, 0.25) is 0 Å². The van der Waals surface area contributed by atoms with Crippen molar-refractivity contribution in [2.24, 2.45) is 0 Å². The number of benzene rings is 1. The minimum atomic E-state index is 0.637. The zero-order valence-corrected chi connectivity index (χ0v) is 11.9. The van der Waals surface area contributed by atoms with Crippen molar-refractivity contribution in [2.75, 3.05) is 13.2 Å². The van der Waals surface area contributed by atoms with Gasteiger partial charge in [0.15, 0.2) is 10.6 Å². The molecule has 0 aliphatic carbocycles. The second kappa shape index (κ2) is 7.21. The fourth-order valence-corrected chi connectivity index (χ4v) is 2.06. The van der Waals surface area contributed by atoms with E-state index in [0.717, 1.165) is 37.4 Å². The highest BCUT2D eigenvalue weighted by molar-refractivity contribution is 7.71. The molecule has 0 saturated heterocycles. The molecule has 1 aromatic carbocycles. The van der Waals surface area contributed by atoms with Gasteiger partial charge in [-0.25, -0.2) is 0 Å². The summed E-state index contributed by atoms with van der Waals surface area (Å²) in [5, 5.41) is 7.14. The van der Waals surface area contributed by atoms with E-state index >= 15 is 0 Å². The van der Waals surface area contributed by atoms with E-state index in [1.54, 1.807) is 0 Å². The van der Waals surface area contributed by atoms with Crippen LogP contribution in [0.15, 0.2) is 30.3 Å². The second-order valence-corrected chi connectivity index (χ2v) is 4.72. The molecule has 5 heteroatoms. The molecule has 102 valence electrons. The second-order valence-electron chi connectivity index (χ2n) is 4.34. The maximum Gasteiger partial charge on any atom is 0.195 e. The van der Waals surface area contributed by atoms with Gasteiger partial charge in [0.05, 0.1) is 13.2 Å². The Kier molecular flexibility index (Phi) is 5.30. The van der Waals surface area contributed by atoms with Gasteiger partial charge in [0.1, 0.15) is 0 Å². The van der Waals surface area contributed by atoms with Gasteiger partial charge >= 0.3 is 0 Å². The third-order valence-electron chi connectivity index (χ3n) is 2.89. The average molecular weight is 277 g/mol. The molecule has 0 spiro atoms. The third-order valence-corrected chi connectivity index (χ3v) is 3.20. The molecule has 0 aliphatic heterocycles. The quantitative estimate of drug-likeness (QED) is 0.623. The predicted molar refractivity (Wildman–Crippen MR) is 78.6 cm³/mol. The third kappa shape index (κ3) is 3.75. The van der Waals surface area contributed by atoms with Gasteiger partial charge in [-0.15, -0.1) is 0 Å². The van der Waals surface area contributed by atoms with Crippen LogP contribution in [0.5, 0.6) is 0 Å². The largest absolute Gasteiger partial charge is 0.380 e. The van der Waals surface area contributed by atoms with Gasteiger partial charge in [-0.05, 0) is 18.6 Å². The lowest BCUT2D eigenvalue weighted by Gasteiger charge is -2.07. The number of hydrogen-bond donors (Lipinski definition) is 1.